The molecule has 0 bridgehead atoms. The van der Waals surface area contributed by atoms with E-state index in [9.17, 15) is 9.59 Å². The Balaban J connectivity index is 1.82. The summed E-state index contributed by atoms with van der Waals surface area (Å²) < 4.78 is 4.97. The molecule has 2 fully saturated rings. The van der Waals surface area contributed by atoms with Crippen molar-refractivity contribution in [2.75, 3.05) is 32.8 Å². The molecule has 108 valence electrons. The fourth-order valence-electron chi connectivity index (χ4n) is 2.54. The van der Waals surface area contributed by atoms with Gasteiger partial charge in [-0.15, -0.1) is 0 Å². The molecule has 0 aromatic carbocycles. The van der Waals surface area contributed by atoms with Gasteiger partial charge >= 0.3 is 5.97 Å². The van der Waals surface area contributed by atoms with Crippen LogP contribution in [0.25, 0.3) is 0 Å². The minimum Gasteiger partial charge on any atom is -0.465 e. The molecule has 0 aromatic rings. The smallest absolute Gasteiger partial charge is 0.320 e. The molecule has 1 amide bonds. The van der Waals surface area contributed by atoms with E-state index in [4.69, 9.17) is 4.74 Å². The maximum absolute atomic E-state index is 12.2. The van der Waals surface area contributed by atoms with Crippen LogP contribution >= 0.6 is 0 Å². The number of esters is 1. The standard InChI is InChI=1S/C14H24N2O3/c1-2-19-14(18)11-16(12-6-7-12)10-13(17)15-8-4-3-5-9-15/h12H,2-11H2,1H3. The third-order valence-electron chi connectivity index (χ3n) is 3.75. The first kappa shape index (κ1) is 14.3. The van der Waals surface area contributed by atoms with Crippen molar-refractivity contribution in [3.8, 4) is 0 Å². The molecule has 1 aliphatic carbocycles. The van der Waals surface area contributed by atoms with Crippen molar-refractivity contribution in [2.24, 2.45) is 0 Å². The number of likely N-dealkylation sites (tertiary alicyclic amines) is 1. The van der Waals surface area contributed by atoms with Crippen molar-refractivity contribution in [3.63, 3.8) is 0 Å². The minimum absolute atomic E-state index is 0.163. The summed E-state index contributed by atoms with van der Waals surface area (Å²) in [7, 11) is 0. The van der Waals surface area contributed by atoms with Crippen LogP contribution in [0.3, 0.4) is 0 Å². The number of ether oxygens (including phenoxy) is 1. The van der Waals surface area contributed by atoms with Crippen LogP contribution in [-0.2, 0) is 14.3 Å². The van der Waals surface area contributed by atoms with Gasteiger partial charge in [0.15, 0.2) is 0 Å². The second-order valence-electron chi connectivity index (χ2n) is 5.38. The Kier molecular flexibility index (Phi) is 5.19. The summed E-state index contributed by atoms with van der Waals surface area (Å²) in [5.74, 6) is -0.0586. The van der Waals surface area contributed by atoms with Crippen LogP contribution < -0.4 is 0 Å². The van der Waals surface area contributed by atoms with Gasteiger partial charge in [-0.05, 0) is 39.0 Å². The van der Waals surface area contributed by atoms with E-state index < -0.39 is 0 Å². The van der Waals surface area contributed by atoms with Crippen LogP contribution in [0.15, 0.2) is 0 Å². The average Bonchev–Trinajstić information content (AvgIpc) is 3.23. The molecule has 2 rings (SSSR count). The Morgan fingerprint density at radius 1 is 1.16 bits per heavy atom. The molecule has 19 heavy (non-hydrogen) atoms. The summed E-state index contributed by atoms with van der Waals surface area (Å²) in [4.78, 5) is 27.7. The Hall–Kier alpha value is -1.10. The highest BCUT2D eigenvalue weighted by molar-refractivity contribution is 5.79. The Morgan fingerprint density at radius 3 is 2.42 bits per heavy atom. The predicted molar refractivity (Wildman–Crippen MR) is 71.7 cm³/mol. The van der Waals surface area contributed by atoms with Gasteiger partial charge in [-0.2, -0.15) is 0 Å². The van der Waals surface area contributed by atoms with Crippen molar-refractivity contribution in [3.05, 3.63) is 0 Å². The minimum atomic E-state index is -0.221. The molecule has 5 heteroatoms. The third-order valence-corrected chi connectivity index (χ3v) is 3.75. The van der Waals surface area contributed by atoms with Gasteiger partial charge in [0.05, 0.1) is 19.7 Å². The molecule has 5 nitrogen and oxygen atoms in total. The van der Waals surface area contributed by atoms with E-state index in [1.54, 1.807) is 6.92 Å². The van der Waals surface area contributed by atoms with E-state index in [0.29, 0.717) is 19.2 Å². The Morgan fingerprint density at radius 2 is 1.84 bits per heavy atom. The summed E-state index contributed by atoms with van der Waals surface area (Å²) in [5.41, 5.74) is 0. The van der Waals surface area contributed by atoms with Crippen LogP contribution in [0.1, 0.15) is 39.0 Å². The SMILES string of the molecule is CCOC(=O)CN(CC(=O)N1CCCCC1)C1CC1. The van der Waals surface area contributed by atoms with E-state index >= 15 is 0 Å². The predicted octanol–water partition coefficient (Wildman–Crippen LogP) is 1.03. The maximum Gasteiger partial charge on any atom is 0.320 e. The molecule has 1 saturated carbocycles. The summed E-state index contributed by atoms with van der Waals surface area (Å²) in [6.45, 7) is 4.56. The topological polar surface area (TPSA) is 49.9 Å². The highest BCUT2D eigenvalue weighted by Crippen LogP contribution is 2.26. The van der Waals surface area contributed by atoms with Gasteiger partial charge in [0.1, 0.15) is 0 Å². The number of nitrogens with zero attached hydrogens (tertiary/aromatic N) is 2. The van der Waals surface area contributed by atoms with Gasteiger partial charge < -0.3 is 9.64 Å². The van der Waals surface area contributed by atoms with Crippen molar-refractivity contribution >= 4 is 11.9 Å². The zero-order chi connectivity index (χ0) is 13.7. The van der Waals surface area contributed by atoms with Crippen molar-refractivity contribution in [1.29, 1.82) is 0 Å². The second-order valence-corrected chi connectivity index (χ2v) is 5.38. The van der Waals surface area contributed by atoms with Crippen LogP contribution in [0, 0.1) is 0 Å². The fourth-order valence-corrected chi connectivity index (χ4v) is 2.54. The Bertz CT molecular complexity index is 323. The molecule has 1 saturated heterocycles. The fraction of sp³-hybridized carbons (Fsp3) is 0.857. The Labute approximate surface area is 114 Å². The lowest BCUT2D eigenvalue weighted by Gasteiger charge is -2.29. The summed E-state index contributed by atoms with van der Waals surface area (Å²) in [5, 5.41) is 0. The van der Waals surface area contributed by atoms with Gasteiger partial charge in [0.2, 0.25) is 5.91 Å². The molecule has 2 aliphatic rings. The number of rotatable bonds is 6. The van der Waals surface area contributed by atoms with E-state index in [1.807, 2.05) is 9.80 Å². The molecule has 1 aliphatic heterocycles. The highest BCUT2D eigenvalue weighted by Gasteiger charge is 2.33. The average molecular weight is 268 g/mol. The number of amides is 1. The lowest BCUT2D eigenvalue weighted by atomic mass is 10.1. The second kappa shape index (κ2) is 6.89. The molecular formula is C14H24N2O3. The number of hydrogen-bond donors (Lipinski definition) is 0. The highest BCUT2D eigenvalue weighted by atomic mass is 16.5. The van der Waals surface area contributed by atoms with Crippen LogP contribution in [0.4, 0.5) is 0 Å². The van der Waals surface area contributed by atoms with Gasteiger partial charge in [-0.1, -0.05) is 0 Å². The molecule has 0 N–H and O–H groups in total. The lowest BCUT2D eigenvalue weighted by molar-refractivity contribution is -0.145. The van der Waals surface area contributed by atoms with E-state index in [0.717, 1.165) is 38.8 Å². The van der Waals surface area contributed by atoms with E-state index in [1.165, 1.54) is 6.42 Å². The van der Waals surface area contributed by atoms with E-state index in [-0.39, 0.29) is 18.4 Å². The quantitative estimate of drug-likeness (QED) is 0.675. The first-order chi connectivity index (χ1) is 9.20. The molecule has 0 aromatic heterocycles. The van der Waals surface area contributed by atoms with Crippen LogP contribution in [0.2, 0.25) is 0 Å². The molecular weight excluding hydrogens is 244 g/mol. The molecule has 0 radical (unpaired) electrons. The zero-order valence-corrected chi connectivity index (χ0v) is 11.8. The van der Waals surface area contributed by atoms with Gasteiger partial charge in [-0.3, -0.25) is 14.5 Å². The molecule has 0 unspecified atom stereocenters. The zero-order valence-electron chi connectivity index (χ0n) is 11.8. The summed E-state index contributed by atoms with van der Waals surface area (Å²) in [6, 6.07) is 0.401. The monoisotopic (exact) mass is 268 g/mol. The van der Waals surface area contributed by atoms with Crippen molar-refractivity contribution < 1.29 is 14.3 Å². The maximum atomic E-state index is 12.2. The van der Waals surface area contributed by atoms with Crippen molar-refractivity contribution in [1.82, 2.24) is 9.80 Å². The number of carbonyl (C=O) groups is 2. The first-order valence-electron chi connectivity index (χ1n) is 7.38. The van der Waals surface area contributed by atoms with Crippen LogP contribution in [0.5, 0.6) is 0 Å². The summed E-state index contributed by atoms with van der Waals surface area (Å²) >= 11 is 0. The van der Waals surface area contributed by atoms with E-state index in [2.05, 4.69) is 0 Å². The normalized spacial score (nSPS) is 19.6. The third kappa shape index (κ3) is 4.49. The van der Waals surface area contributed by atoms with Gasteiger partial charge in [-0.25, -0.2) is 0 Å². The number of hydrogen-bond acceptors (Lipinski definition) is 4. The van der Waals surface area contributed by atoms with Gasteiger partial charge in [0, 0.05) is 19.1 Å². The molecule has 0 atom stereocenters. The van der Waals surface area contributed by atoms with Crippen LogP contribution in [-0.4, -0.2) is 60.5 Å². The summed E-state index contributed by atoms with van der Waals surface area (Å²) in [6.07, 6.45) is 5.61. The largest absolute Gasteiger partial charge is 0.465 e. The number of carbonyl (C=O) groups excluding carboxylic acids is 2. The molecule has 0 spiro atoms. The van der Waals surface area contributed by atoms with Gasteiger partial charge in [0.25, 0.3) is 0 Å². The first-order valence-corrected chi connectivity index (χ1v) is 7.38. The number of piperidine rings is 1. The molecule has 1 heterocycles. The van der Waals surface area contributed by atoms with Crippen molar-refractivity contribution in [2.45, 2.75) is 45.1 Å². The lowest BCUT2D eigenvalue weighted by Crippen LogP contribution is -2.45.